The Hall–Kier alpha value is -0.0100. The van der Waals surface area contributed by atoms with Gasteiger partial charge in [-0.2, -0.15) is 0 Å². The third-order valence-electron chi connectivity index (χ3n) is 1.12. The molecule has 0 radical (unpaired) electrons. The van der Waals surface area contributed by atoms with Gasteiger partial charge >= 0.3 is 0 Å². The van der Waals surface area contributed by atoms with Gasteiger partial charge < -0.3 is 6.15 Å². The van der Waals surface area contributed by atoms with Crippen LogP contribution in [0.4, 0.5) is 0 Å². The van der Waals surface area contributed by atoms with Crippen molar-refractivity contribution >= 4 is 11.6 Å². The molecular weight excluding hydrogens is 122 g/mol. The molecule has 0 rings (SSSR count). The summed E-state index contributed by atoms with van der Waals surface area (Å²) < 4.78 is 0. The maximum atomic E-state index is 5.61. The van der Waals surface area contributed by atoms with Crippen LogP contribution in [0, 0.1) is 0 Å². The van der Waals surface area contributed by atoms with Crippen LogP contribution in [0.25, 0.3) is 0 Å². The molecule has 0 amide bonds. The van der Waals surface area contributed by atoms with Crippen LogP contribution in [0.2, 0.25) is 0 Å². The lowest BCUT2D eigenvalue weighted by Crippen LogP contribution is -1.70. The van der Waals surface area contributed by atoms with E-state index in [9.17, 15) is 0 Å². The van der Waals surface area contributed by atoms with Gasteiger partial charge in [-0.05, 0) is 20.3 Å². The Morgan fingerprint density at radius 2 is 1.75 bits per heavy atom. The van der Waals surface area contributed by atoms with Crippen molar-refractivity contribution in [2.45, 2.75) is 27.2 Å². The molecule has 0 fully saturated rings. The fourth-order valence-electron chi connectivity index (χ4n) is 0.244. The van der Waals surface area contributed by atoms with E-state index in [4.69, 9.17) is 11.6 Å². The molecule has 0 bridgehead atoms. The summed E-state index contributed by atoms with van der Waals surface area (Å²) in [5, 5.41) is 0.933. The van der Waals surface area contributed by atoms with Gasteiger partial charge in [0, 0.05) is 5.03 Å². The van der Waals surface area contributed by atoms with Gasteiger partial charge in [0.2, 0.25) is 0 Å². The summed E-state index contributed by atoms with van der Waals surface area (Å²) in [5.74, 6) is 0. The summed E-state index contributed by atoms with van der Waals surface area (Å²) in [5.41, 5.74) is 1.28. The Morgan fingerprint density at radius 1 is 1.38 bits per heavy atom. The molecule has 0 spiro atoms. The number of hydrogen-bond acceptors (Lipinski definition) is 1. The molecule has 0 aromatic heterocycles. The van der Waals surface area contributed by atoms with E-state index >= 15 is 0 Å². The number of rotatable bonds is 1. The highest BCUT2D eigenvalue weighted by molar-refractivity contribution is 6.29. The van der Waals surface area contributed by atoms with Crippen molar-refractivity contribution in [3.05, 3.63) is 10.6 Å². The van der Waals surface area contributed by atoms with Crippen molar-refractivity contribution < 1.29 is 0 Å². The van der Waals surface area contributed by atoms with Gasteiger partial charge in [0.25, 0.3) is 0 Å². The van der Waals surface area contributed by atoms with E-state index in [2.05, 4.69) is 6.92 Å². The minimum Gasteiger partial charge on any atom is -0.344 e. The largest absolute Gasteiger partial charge is 0.344 e. The van der Waals surface area contributed by atoms with Crippen molar-refractivity contribution in [3.8, 4) is 0 Å². The van der Waals surface area contributed by atoms with Gasteiger partial charge in [0.15, 0.2) is 0 Å². The van der Waals surface area contributed by atoms with Gasteiger partial charge in [0.1, 0.15) is 0 Å². The third kappa shape index (κ3) is 4.16. The maximum Gasteiger partial charge on any atom is 0.0139 e. The SMILES string of the molecule is CC/C(C)=C(\C)Cl.N. The smallest absolute Gasteiger partial charge is 0.0139 e. The summed E-state index contributed by atoms with van der Waals surface area (Å²) in [4.78, 5) is 0. The minimum absolute atomic E-state index is 0. The lowest BCUT2D eigenvalue weighted by Gasteiger charge is -1.92. The zero-order chi connectivity index (χ0) is 5.86. The second-order valence-electron chi connectivity index (χ2n) is 1.67. The van der Waals surface area contributed by atoms with E-state index < -0.39 is 0 Å². The number of allylic oxidation sites excluding steroid dienone is 2. The van der Waals surface area contributed by atoms with Gasteiger partial charge in [-0.3, -0.25) is 0 Å². The van der Waals surface area contributed by atoms with Crippen LogP contribution in [0.5, 0.6) is 0 Å². The Kier molecular flexibility index (Phi) is 6.98. The molecule has 0 saturated carbocycles. The third-order valence-corrected chi connectivity index (χ3v) is 1.44. The van der Waals surface area contributed by atoms with Crippen LogP contribution in [-0.4, -0.2) is 0 Å². The summed E-state index contributed by atoms with van der Waals surface area (Å²) in [7, 11) is 0. The first-order chi connectivity index (χ1) is 3.18. The predicted octanol–water partition coefficient (Wildman–Crippen LogP) is 3.09. The second-order valence-corrected chi connectivity index (χ2v) is 2.23. The Labute approximate surface area is 56.3 Å². The van der Waals surface area contributed by atoms with E-state index in [0.29, 0.717) is 0 Å². The average Bonchev–Trinajstić information content (AvgIpc) is 1.65. The molecule has 0 aromatic carbocycles. The Morgan fingerprint density at radius 3 is 1.75 bits per heavy atom. The Balaban J connectivity index is 0. The van der Waals surface area contributed by atoms with E-state index in [1.807, 2.05) is 13.8 Å². The zero-order valence-corrected chi connectivity index (χ0v) is 6.55. The highest BCUT2D eigenvalue weighted by Gasteiger charge is 1.85. The van der Waals surface area contributed by atoms with Crippen LogP contribution in [0.1, 0.15) is 27.2 Å². The van der Waals surface area contributed by atoms with Gasteiger partial charge in [-0.1, -0.05) is 24.1 Å². The minimum atomic E-state index is 0. The summed E-state index contributed by atoms with van der Waals surface area (Å²) in [6, 6.07) is 0. The molecule has 0 aliphatic carbocycles. The van der Waals surface area contributed by atoms with Crippen LogP contribution in [-0.2, 0) is 0 Å². The van der Waals surface area contributed by atoms with Crippen molar-refractivity contribution in [3.63, 3.8) is 0 Å². The molecule has 2 heteroatoms. The van der Waals surface area contributed by atoms with Crippen LogP contribution in [0.3, 0.4) is 0 Å². The Bertz CT molecular complexity index is 82.5. The van der Waals surface area contributed by atoms with Crippen molar-refractivity contribution in [1.82, 2.24) is 6.15 Å². The summed E-state index contributed by atoms with van der Waals surface area (Å²) in [6.45, 7) is 6.06. The first-order valence-corrected chi connectivity index (χ1v) is 2.88. The van der Waals surface area contributed by atoms with E-state index in [0.717, 1.165) is 11.5 Å². The molecule has 50 valence electrons. The van der Waals surface area contributed by atoms with Crippen LogP contribution in [0.15, 0.2) is 10.6 Å². The number of hydrogen-bond donors (Lipinski definition) is 1. The average molecular weight is 136 g/mol. The molecule has 0 aliphatic rings. The lowest BCUT2D eigenvalue weighted by atomic mass is 10.2. The lowest BCUT2D eigenvalue weighted by molar-refractivity contribution is 1.08. The molecule has 0 atom stereocenters. The first kappa shape index (κ1) is 10.9. The van der Waals surface area contributed by atoms with Crippen LogP contribution >= 0.6 is 11.6 Å². The highest BCUT2D eigenvalue weighted by atomic mass is 35.5. The topological polar surface area (TPSA) is 35.0 Å². The van der Waals surface area contributed by atoms with Gasteiger partial charge in [-0.15, -0.1) is 0 Å². The molecule has 0 aliphatic heterocycles. The molecular formula is C6H14ClN. The van der Waals surface area contributed by atoms with E-state index in [1.54, 1.807) is 0 Å². The molecule has 8 heavy (non-hydrogen) atoms. The van der Waals surface area contributed by atoms with E-state index in [1.165, 1.54) is 5.57 Å². The molecule has 0 unspecified atom stereocenters. The predicted molar refractivity (Wildman–Crippen MR) is 39.5 cm³/mol. The summed E-state index contributed by atoms with van der Waals surface area (Å²) in [6.07, 6.45) is 1.06. The molecule has 1 nitrogen and oxygen atoms in total. The fourth-order valence-corrected chi connectivity index (χ4v) is 0.377. The maximum absolute atomic E-state index is 5.61. The number of halogens is 1. The second kappa shape index (κ2) is 5.13. The van der Waals surface area contributed by atoms with E-state index in [-0.39, 0.29) is 6.15 Å². The van der Waals surface area contributed by atoms with Crippen molar-refractivity contribution in [1.29, 1.82) is 0 Å². The monoisotopic (exact) mass is 135 g/mol. The first-order valence-electron chi connectivity index (χ1n) is 2.50. The van der Waals surface area contributed by atoms with Gasteiger partial charge in [-0.25, -0.2) is 0 Å². The molecule has 0 heterocycles. The van der Waals surface area contributed by atoms with Crippen molar-refractivity contribution in [2.75, 3.05) is 0 Å². The molecule has 0 aromatic rings. The summed E-state index contributed by atoms with van der Waals surface area (Å²) >= 11 is 5.61. The molecule has 3 N–H and O–H groups in total. The van der Waals surface area contributed by atoms with Gasteiger partial charge in [0.05, 0.1) is 0 Å². The fraction of sp³-hybridized carbons (Fsp3) is 0.667. The molecule has 0 saturated heterocycles. The highest BCUT2D eigenvalue weighted by Crippen LogP contribution is 2.09. The standard InChI is InChI=1S/C6H11Cl.H3N/c1-4-5(2)6(3)7;/h4H2,1-3H3;1H3/b6-5+;. The quantitative estimate of drug-likeness (QED) is 0.589. The zero-order valence-electron chi connectivity index (χ0n) is 5.79. The van der Waals surface area contributed by atoms with Crippen molar-refractivity contribution in [2.24, 2.45) is 0 Å². The normalized spacial score (nSPS) is 12.0. The van der Waals surface area contributed by atoms with Crippen LogP contribution < -0.4 is 6.15 Å².